The topological polar surface area (TPSA) is 77.1 Å². The van der Waals surface area contributed by atoms with E-state index in [0.29, 0.717) is 0 Å². The van der Waals surface area contributed by atoms with Crippen molar-refractivity contribution in [2.75, 3.05) is 6.61 Å². The van der Waals surface area contributed by atoms with E-state index in [1.165, 1.54) is 18.2 Å². The van der Waals surface area contributed by atoms with Crippen LogP contribution in [-0.4, -0.2) is 34.6 Å². The Morgan fingerprint density at radius 2 is 2.10 bits per heavy atom. The fourth-order valence-electron chi connectivity index (χ4n) is 1.62. The summed E-state index contributed by atoms with van der Waals surface area (Å²) in [7, 11) is 0. The van der Waals surface area contributed by atoms with Gasteiger partial charge in [-0.05, 0) is 19.1 Å². The molecular weight excluding hydrogens is 272 g/mol. The zero-order chi connectivity index (χ0) is 14.5. The van der Waals surface area contributed by atoms with Crippen LogP contribution in [0.5, 0.6) is 5.75 Å². The molecule has 0 saturated heterocycles. The molecule has 0 aliphatic rings. The Labute approximate surface area is 112 Å². The first-order valence-electron chi connectivity index (χ1n) is 5.75. The monoisotopic (exact) mass is 283 g/mol. The van der Waals surface area contributed by atoms with Crippen LogP contribution in [0.3, 0.4) is 0 Å². The summed E-state index contributed by atoms with van der Waals surface area (Å²) in [6, 6.07) is 5.99. The SMILES string of the molecule is CCOC(=O)c1n[nH]nc1-c1ccccc1OC(F)F. The number of hydrogen-bond acceptors (Lipinski definition) is 5. The summed E-state index contributed by atoms with van der Waals surface area (Å²) in [6.45, 7) is -1.17. The van der Waals surface area contributed by atoms with Gasteiger partial charge in [-0.1, -0.05) is 12.1 Å². The van der Waals surface area contributed by atoms with Crippen molar-refractivity contribution >= 4 is 5.97 Å². The first kappa shape index (κ1) is 13.9. The van der Waals surface area contributed by atoms with Gasteiger partial charge >= 0.3 is 12.6 Å². The summed E-state index contributed by atoms with van der Waals surface area (Å²) >= 11 is 0. The summed E-state index contributed by atoms with van der Waals surface area (Å²) < 4.78 is 33.9. The van der Waals surface area contributed by atoms with Crippen LogP contribution in [0.2, 0.25) is 0 Å². The summed E-state index contributed by atoms with van der Waals surface area (Å²) in [5, 5.41) is 9.75. The maximum atomic E-state index is 12.4. The molecule has 0 aliphatic heterocycles. The lowest BCUT2D eigenvalue weighted by Gasteiger charge is -2.09. The molecule has 1 aromatic carbocycles. The van der Waals surface area contributed by atoms with E-state index in [-0.39, 0.29) is 29.3 Å². The highest BCUT2D eigenvalue weighted by Crippen LogP contribution is 2.31. The first-order valence-corrected chi connectivity index (χ1v) is 5.75. The van der Waals surface area contributed by atoms with E-state index < -0.39 is 12.6 Å². The average Bonchev–Trinajstić information content (AvgIpc) is 2.88. The van der Waals surface area contributed by atoms with Gasteiger partial charge in [0.05, 0.1) is 6.61 Å². The highest BCUT2D eigenvalue weighted by atomic mass is 19.3. The van der Waals surface area contributed by atoms with Gasteiger partial charge in [0.2, 0.25) is 0 Å². The lowest BCUT2D eigenvalue weighted by molar-refractivity contribution is -0.0494. The number of H-pyrrole nitrogens is 1. The van der Waals surface area contributed by atoms with E-state index in [2.05, 4.69) is 20.1 Å². The molecule has 8 heteroatoms. The van der Waals surface area contributed by atoms with Gasteiger partial charge in [0.1, 0.15) is 11.4 Å². The largest absolute Gasteiger partial charge is 0.461 e. The van der Waals surface area contributed by atoms with Gasteiger partial charge in [-0.15, -0.1) is 5.10 Å². The van der Waals surface area contributed by atoms with Crippen molar-refractivity contribution < 1.29 is 23.0 Å². The Hall–Kier alpha value is -2.51. The third-order valence-electron chi connectivity index (χ3n) is 2.37. The smallest absolute Gasteiger partial charge is 0.387 e. The molecule has 106 valence electrons. The molecule has 0 aliphatic carbocycles. The quantitative estimate of drug-likeness (QED) is 0.851. The second-order valence-corrected chi connectivity index (χ2v) is 3.62. The highest BCUT2D eigenvalue weighted by molar-refractivity contribution is 5.94. The zero-order valence-corrected chi connectivity index (χ0v) is 10.5. The Balaban J connectivity index is 2.42. The number of benzene rings is 1. The third kappa shape index (κ3) is 2.90. The Kier molecular flexibility index (Phi) is 4.24. The van der Waals surface area contributed by atoms with Crippen LogP contribution in [0.1, 0.15) is 17.4 Å². The normalized spacial score (nSPS) is 10.6. The molecule has 20 heavy (non-hydrogen) atoms. The summed E-state index contributed by atoms with van der Waals surface area (Å²) in [5.41, 5.74) is 0.237. The van der Waals surface area contributed by atoms with Gasteiger partial charge in [-0.3, -0.25) is 0 Å². The minimum Gasteiger partial charge on any atom is -0.461 e. The van der Waals surface area contributed by atoms with Crippen LogP contribution >= 0.6 is 0 Å². The first-order chi connectivity index (χ1) is 9.63. The molecule has 2 rings (SSSR count). The standard InChI is InChI=1S/C12H11F2N3O3/c1-2-19-11(18)10-9(15-17-16-10)7-5-3-4-6-8(7)20-12(13)14/h3-6,12H,2H2,1H3,(H,15,16,17). The number of esters is 1. The number of para-hydroxylation sites is 1. The average molecular weight is 283 g/mol. The van der Waals surface area contributed by atoms with E-state index >= 15 is 0 Å². The van der Waals surface area contributed by atoms with Crippen molar-refractivity contribution in [3.63, 3.8) is 0 Å². The number of carbonyl (C=O) groups excluding carboxylic acids is 1. The Morgan fingerprint density at radius 3 is 2.80 bits per heavy atom. The number of carbonyl (C=O) groups is 1. The second kappa shape index (κ2) is 6.09. The predicted octanol–water partition coefficient (Wildman–Crippen LogP) is 2.25. The molecule has 0 fully saturated rings. The van der Waals surface area contributed by atoms with Crippen LogP contribution < -0.4 is 4.74 Å². The van der Waals surface area contributed by atoms with E-state index in [1.54, 1.807) is 13.0 Å². The number of halogens is 2. The number of ether oxygens (including phenoxy) is 2. The van der Waals surface area contributed by atoms with E-state index in [0.717, 1.165) is 0 Å². The van der Waals surface area contributed by atoms with Crippen molar-refractivity contribution in [1.29, 1.82) is 0 Å². The molecule has 0 atom stereocenters. The van der Waals surface area contributed by atoms with Gasteiger partial charge in [0, 0.05) is 5.56 Å². The van der Waals surface area contributed by atoms with E-state index in [9.17, 15) is 13.6 Å². The number of aromatic amines is 1. The van der Waals surface area contributed by atoms with Crippen molar-refractivity contribution in [3.8, 4) is 17.0 Å². The number of nitrogens with one attached hydrogen (secondary N) is 1. The van der Waals surface area contributed by atoms with Crippen LogP contribution in [0.15, 0.2) is 24.3 Å². The number of hydrogen-bond donors (Lipinski definition) is 1. The van der Waals surface area contributed by atoms with Gasteiger partial charge in [0.15, 0.2) is 5.69 Å². The molecule has 0 unspecified atom stereocenters. The fraction of sp³-hybridized carbons (Fsp3) is 0.250. The van der Waals surface area contributed by atoms with Crippen molar-refractivity contribution in [1.82, 2.24) is 15.4 Å². The molecule has 0 saturated carbocycles. The van der Waals surface area contributed by atoms with Crippen molar-refractivity contribution in [2.45, 2.75) is 13.5 Å². The third-order valence-corrected chi connectivity index (χ3v) is 2.37. The number of alkyl halides is 2. The maximum absolute atomic E-state index is 12.4. The van der Waals surface area contributed by atoms with Crippen LogP contribution in [0.4, 0.5) is 8.78 Å². The molecule has 0 bridgehead atoms. The Bertz CT molecular complexity index is 601. The number of aromatic nitrogens is 3. The van der Waals surface area contributed by atoms with Crippen LogP contribution in [-0.2, 0) is 4.74 Å². The molecule has 1 N–H and O–H groups in total. The summed E-state index contributed by atoms with van der Waals surface area (Å²) in [5.74, 6) is -0.787. The van der Waals surface area contributed by atoms with E-state index in [1.807, 2.05) is 0 Å². The zero-order valence-electron chi connectivity index (χ0n) is 10.5. The summed E-state index contributed by atoms with van der Waals surface area (Å²) in [6.07, 6.45) is 0. The Morgan fingerprint density at radius 1 is 1.35 bits per heavy atom. The van der Waals surface area contributed by atoms with Crippen molar-refractivity contribution in [2.24, 2.45) is 0 Å². The molecule has 2 aromatic rings. The lowest BCUT2D eigenvalue weighted by atomic mass is 10.1. The highest BCUT2D eigenvalue weighted by Gasteiger charge is 2.22. The molecule has 0 amide bonds. The van der Waals surface area contributed by atoms with Crippen LogP contribution in [0.25, 0.3) is 11.3 Å². The molecular formula is C12H11F2N3O3. The van der Waals surface area contributed by atoms with Gasteiger partial charge in [-0.2, -0.15) is 19.1 Å². The van der Waals surface area contributed by atoms with Gasteiger partial charge in [0.25, 0.3) is 0 Å². The predicted molar refractivity (Wildman–Crippen MR) is 64.4 cm³/mol. The molecule has 6 nitrogen and oxygen atoms in total. The number of nitrogens with zero attached hydrogens (tertiary/aromatic N) is 2. The molecule has 1 heterocycles. The van der Waals surface area contributed by atoms with Gasteiger partial charge in [-0.25, -0.2) is 4.79 Å². The molecule has 1 aromatic heterocycles. The number of rotatable bonds is 5. The minimum absolute atomic E-state index is 0.0860. The molecule has 0 radical (unpaired) electrons. The minimum atomic E-state index is -2.98. The lowest BCUT2D eigenvalue weighted by Crippen LogP contribution is -2.08. The van der Waals surface area contributed by atoms with Crippen molar-refractivity contribution in [3.05, 3.63) is 30.0 Å². The van der Waals surface area contributed by atoms with Gasteiger partial charge < -0.3 is 9.47 Å². The summed E-state index contributed by atoms with van der Waals surface area (Å²) in [4.78, 5) is 11.7. The van der Waals surface area contributed by atoms with Crippen LogP contribution in [0, 0.1) is 0 Å². The molecule has 0 spiro atoms. The fourth-order valence-corrected chi connectivity index (χ4v) is 1.62. The maximum Gasteiger partial charge on any atom is 0.387 e. The second-order valence-electron chi connectivity index (χ2n) is 3.62. The van der Waals surface area contributed by atoms with E-state index in [4.69, 9.17) is 4.74 Å².